The van der Waals surface area contributed by atoms with E-state index < -0.39 is 11.6 Å². The summed E-state index contributed by atoms with van der Waals surface area (Å²) in [6.45, 7) is 6.06. The van der Waals surface area contributed by atoms with Crippen molar-refractivity contribution >= 4 is 10.8 Å². The fourth-order valence-corrected chi connectivity index (χ4v) is 5.83. The Morgan fingerprint density at radius 3 is 2.66 bits per heavy atom. The summed E-state index contributed by atoms with van der Waals surface area (Å²) in [5, 5.41) is 0.654. The fraction of sp³-hybridized carbons (Fsp3) is 0.538. The lowest BCUT2D eigenvalue weighted by atomic mass is 9.63. The lowest BCUT2D eigenvalue weighted by Crippen LogP contribution is -2.30. The second kappa shape index (κ2) is 8.85. The molecule has 0 heterocycles. The second-order valence-electron chi connectivity index (χ2n) is 9.08. The highest BCUT2D eigenvalue weighted by molar-refractivity contribution is 5.86. The molecule has 4 rings (SSSR count). The number of hydrogen-bond acceptors (Lipinski definition) is 1. The summed E-state index contributed by atoms with van der Waals surface area (Å²) < 4.78 is 35.0. The molecule has 0 bridgehead atoms. The molecular weight excluding hydrogens is 366 g/mol. The summed E-state index contributed by atoms with van der Waals surface area (Å²) >= 11 is 0. The lowest BCUT2D eigenvalue weighted by molar-refractivity contribution is 0.114. The molecule has 2 saturated carbocycles. The minimum atomic E-state index is -0.619. The molecule has 0 N–H and O–H groups in total. The Morgan fingerprint density at radius 2 is 1.86 bits per heavy atom. The third-order valence-electron chi connectivity index (χ3n) is 7.24. The molecule has 156 valence electrons. The third kappa shape index (κ3) is 4.20. The number of hydrogen-bond donors (Lipinski definition) is 0. The summed E-state index contributed by atoms with van der Waals surface area (Å²) in [6, 6.07) is 6.92. The van der Waals surface area contributed by atoms with Crippen molar-refractivity contribution in [1.82, 2.24) is 0 Å². The van der Waals surface area contributed by atoms with Crippen LogP contribution in [0, 0.1) is 29.4 Å². The van der Waals surface area contributed by atoms with Gasteiger partial charge in [0.15, 0.2) is 11.6 Å². The normalized spacial score (nSPS) is 26.9. The van der Waals surface area contributed by atoms with Crippen LogP contribution in [0.5, 0.6) is 5.75 Å². The van der Waals surface area contributed by atoms with Crippen molar-refractivity contribution in [3.05, 3.63) is 54.1 Å². The summed E-state index contributed by atoms with van der Waals surface area (Å²) in [5.74, 6) is 1.90. The van der Waals surface area contributed by atoms with E-state index in [-0.39, 0.29) is 17.7 Å². The number of benzene rings is 2. The van der Waals surface area contributed by atoms with E-state index in [1.807, 2.05) is 6.07 Å². The Hall–Kier alpha value is -1.90. The van der Waals surface area contributed by atoms with Crippen LogP contribution in [0.1, 0.15) is 69.8 Å². The van der Waals surface area contributed by atoms with Gasteiger partial charge in [-0.15, -0.1) is 0 Å². The van der Waals surface area contributed by atoms with Crippen molar-refractivity contribution in [2.24, 2.45) is 17.8 Å². The number of rotatable bonds is 6. The van der Waals surface area contributed by atoms with Gasteiger partial charge in [0.05, 0.1) is 5.39 Å². The molecule has 29 heavy (non-hydrogen) atoms. The Balaban J connectivity index is 1.54. The maximum atomic E-state index is 14.9. The second-order valence-corrected chi connectivity index (χ2v) is 9.08. The summed E-state index contributed by atoms with van der Waals surface area (Å²) in [6.07, 6.45) is 11.8. The highest BCUT2D eigenvalue weighted by Crippen LogP contribution is 2.48. The van der Waals surface area contributed by atoms with Gasteiger partial charge in [0.25, 0.3) is 0 Å². The maximum absolute atomic E-state index is 14.9. The van der Waals surface area contributed by atoms with Gasteiger partial charge in [-0.2, -0.15) is 0 Å². The van der Waals surface area contributed by atoms with E-state index in [0.29, 0.717) is 11.3 Å². The molecule has 2 aliphatic rings. The molecule has 0 aliphatic heterocycles. The molecule has 0 aromatic heterocycles. The van der Waals surface area contributed by atoms with Gasteiger partial charge in [0.1, 0.15) is 12.4 Å². The van der Waals surface area contributed by atoms with Crippen LogP contribution in [0.4, 0.5) is 8.78 Å². The minimum absolute atomic E-state index is 0.0315. The zero-order valence-electron chi connectivity index (χ0n) is 17.4. The van der Waals surface area contributed by atoms with Gasteiger partial charge < -0.3 is 4.74 Å². The summed E-state index contributed by atoms with van der Waals surface area (Å²) in [4.78, 5) is 0. The van der Waals surface area contributed by atoms with Crippen molar-refractivity contribution in [1.29, 1.82) is 0 Å². The minimum Gasteiger partial charge on any atom is -0.486 e. The highest BCUT2D eigenvalue weighted by Gasteiger charge is 2.36. The quantitative estimate of drug-likeness (QED) is 0.451. The van der Waals surface area contributed by atoms with E-state index in [0.717, 1.165) is 36.2 Å². The first-order chi connectivity index (χ1) is 14.1. The monoisotopic (exact) mass is 398 g/mol. The predicted molar refractivity (Wildman–Crippen MR) is 115 cm³/mol. The fourth-order valence-electron chi connectivity index (χ4n) is 5.83. The van der Waals surface area contributed by atoms with E-state index in [9.17, 15) is 8.78 Å². The first kappa shape index (κ1) is 20.4. The molecule has 4 unspecified atom stereocenters. The van der Waals surface area contributed by atoms with Crippen LogP contribution < -0.4 is 4.74 Å². The topological polar surface area (TPSA) is 9.23 Å². The van der Waals surface area contributed by atoms with Crippen LogP contribution in [0.25, 0.3) is 10.8 Å². The van der Waals surface area contributed by atoms with E-state index in [2.05, 4.69) is 13.5 Å². The van der Waals surface area contributed by atoms with Gasteiger partial charge in [0, 0.05) is 0 Å². The van der Waals surface area contributed by atoms with Gasteiger partial charge >= 0.3 is 0 Å². The number of fused-ring (bicyclic) bond motifs is 2. The van der Waals surface area contributed by atoms with Crippen LogP contribution in [-0.4, -0.2) is 6.61 Å². The molecule has 2 aliphatic carbocycles. The largest absolute Gasteiger partial charge is 0.486 e. The Morgan fingerprint density at radius 1 is 1.07 bits per heavy atom. The van der Waals surface area contributed by atoms with Crippen LogP contribution in [0.3, 0.4) is 0 Å². The number of ether oxygens (including phenoxy) is 1. The zero-order valence-corrected chi connectivity index (χ0v) is 17.4. The molecule has 0 amide bonds. The van der Waals surface area contributed by atoms with E-state index in [4.69, 9.17) is 4.74 Å². The number of halogens is 2. The van der Waals surface area contributed by atoms with Crippen molar-refractivity contribution in [2.75, 3.05) is 6.61 Å². The van der Waals surface area contributed by atoms with Gasteiger partial charge in [0.2, 0.25) is 0 Å². The average Bonchev–Trinajstić information content (AvgIpc) is 2.73. The van der Waals surface area contributed by atoms with Crippen LogP contribution >= 0.6 is 0 Å². The Kier molecular flexibility index (Phi) is 6.22. The maximum Gasteiger partial charge on any atom is 0.175 e. The Labute approximate surface area is 173 Å². The van der Waals surface area contributed by atoms with Crippen LogP contribution in [0.2, 0.25) is 0 Å². The van der Waals surface area contributed by atoms with Gasteiger partial charge in [-0.3, -0.25) is 0 Å². The molecule has 4 atom stereocenters. The molecule has 3 heteroatoms. The van der Waals surface area contributed by atoms with Gasteiger partial charge in [-0.1, -0.05) is 51.0 Å². The molecule has 2 aromatic rings. The van der Waals surface area contributed by atoms with Crippen molar-refractivity contribution in [3.8, 4) is 5.75 Å². The SMILES string of the molecule is C=CCOc1ccc2cc(C3CCC4CC(CCC)CCC4C3)cc(F)c2c1F. The molecule has 0 spiro atoms. The van der Waals surface area contributed by atoms with Crippen molar-refractivity contribution in [2.45, 2.75) is 64.2 Å². The van der Waals surface area contributed by atoms with Crippen molar-refractivity contribution < 1.29 is 13.5 Å². The molecule has 2 fully saturated rings. The molecular formula is C26H32F2O. The lowest BCUT2D eigenvalue weighted by Gasteiger charge is -2.42. The summed E-state index contributed by atoms with van der Waals surface area (Å²) in [5.41, 5.74) is 1.03. The first-order valence-electron chi connectivity index (χ1n) is 11.3. The molecule has 1 nitrogen and oxygen atoms in total. The first-order valence-corrected chi connectivity index (χ1v) is 11.3. The molecule has 0 saturated heterocycles. The van der Waals surface area contributed by atoms with Gasteiger partial charge in [-0.25, -0.2) is 8.78 Å². The van der Waals surface area contributed by atoms with Crippen LogP contribution in [0.15, 0.2) is 36.9 Å². The molecule has 2 aromatic carbocycles. The van der Waals surface area contributed by atoms with Crippen LogP contribution in [-0.2, 0) is 0 Å². The van der Waals surface area contributed by atoms with E-state index >= 15 is 0 Å². The smallest absolute Gasteiger partial charge is 0.175 e. The highest BCUT2D eigenvalue weighted by atomic mass is 19.1. The van der Waals surface area contributed by atoms with E-state index in [1.165, 1.54) is 38.5 Å². The summed E-state index contributed by atoms with van der Waals surface area (Å²) in [7, 11) is 0. The van der Waals surface area contributed by atoms with Gasteiger partial charge in [-0.05, 0) is 78.9 Å². The zero-order chi connectivity index (χ0) is 20.4. The third-order valence-corrected chi connectivity index (χ3v) is 7.24. The predicted octanol–water partition coefficient (Wildman–Crippen LogP) is 7.78. The van der Waals surface area contributed by atoms with E-state index in [1.54, 1.807) is 24.3 Å². The Bertz CT molecular complexity index is 875. The van der Waals surface area contributed by atoms with Crippen molar-refractivity contribution in [3.63, 3.8) is 0 Å². The standard InChI is InChI=1S/C26H32F2O/c1-3-5-17-6-7-19-14-20(9-8-18(19)13-17)22-15-21-10-11-24(29-12-4-2)26(28)25(21)23(27)16-22/h4,10-11,15-20H,2-3,5-9,12-14H2,1H3. The average molecular weight is 399 g/mol. The molecule has 0 radical (unpaired) electrons.